The predicted molar refractivity (Wildman–Crippen MR) is 78.8 cm³/mol. The molecule has 2 N–H and O–H groups in total. The van der Waals surface area contributed by atoms with Gasteiger partial charge in [0.05, 0.1) is 0 Å². The van der Waals surface area contributed by atoms with Gasteiger partial charge in [-0.05, 0) is 12.3 Å². The molecule has 2 rings (SSSR count). The molecule has 0 unspecified atom stereocenters. The molecule has 1 heterocycles. The fourth-order valence-corrected chi connectivity index (χ4v) is 3.52. The van der Waals surface area contributed by atoms with E-state index < -0.39 is 5.97 Å². The molecule has 0 amide bonds. The molecule has 20 heavy (non-hydrogen) atoms. The lowest BCUT2D eigenvalue weighted by Gasteiger charge is -2.21. The number of nitrogens with zero attached hydrogens (tertiary/aromatic N) is 1. The van der Waals surface area contributed by atoms with Crippen molar-refractivity contribution < 1.29 is 14.7 Å². The number of carbonyl (C=O) groups is 2. The predicted octanol–water partition coefficient (Wildman–Crippen LogP) is 3.43. The minimum absolute atomic E-state index is 0.136. The number of hydrogen-bond donors (Lipinski definition) is 2. The van der Waals surface area contributed by atoms with Gasteiger partial charge in [-0.15, -0.1) is 0 Å². The monoisotopic (exact) mass is 296 g/mol. The molecule has 0 atom stereocenters. The minimum atomic E-state index is -1.15. The van der Waals surface area contributed by atoms with Crippen LogP contribution in [-0.2, 0) is 0 Å². The van der Waals surface area contributed by atoms with E-state index in [4.69, 9.17) is 5.11 Å². The number of Topliss-reactive ketones (excluding diaryl/α,β-unsaturated/α-hetero) is 1. The van der Waals surface area contributed by atoms with E-state index in [-0.39, 0.29) is 16.4 Å². The van der Waals surface area contributed by atoms with Crippen molar-refractivity contribution in [3.63, 3.8) is 0 Å². The minimum Gasteiger partial charge on any atom is -0.476 e. The first-order chi connectivity index (χ1) is 9.58. The maximum atomic E-state index is 11.4. The third-order valence-electron chi connectivity index (χ3n) is 3.70. The summed E-state index contributed by atoms with van der Waals surface area (Å²) in [6.45, 7) is 2.15. The highest BCUT2D eigenvalue weighted by Crippen LogP contribution is 2.27. The normalized spacial score (nSPS) is 16.1. The molecule has 1 aliphatic rings. The zero-order valence-corrected chi connectivity index (χ0v) is 12.5. The van der Waals surface area contributed by atoms with Crippen LogP contribution >= 0.6 is 11.3 Å². The number of rotatable bonds is 6. The van der Waals surface area contributed by atoms with Crippen molar-refractivity contribution in [2.75, 3.05) is 11.9 Å². The van der Waals surface area contributed by atoms with E-state index in [0.717, 1.165) is 30.2 Å². The number of carbonyl (C=O) groups excluding carboxylic acids is 1. The van der Waals surface area contributed by atoms with Crippen LogP contribution in [0.5, 0.6) is 0 Å². The quantitative estimate of drug-likeness (QED) is 0.786. The summed E-state index contributed by atoms with van der Waals surface area (Å²) in [4.78, 5) is 26.6. The Morgan fingerprint density at radius 3 is 2.60 bits per heavy atom. The summed E-state index contributed by atoms with van der Waals surface area (Å²) in [6, 6.07) is 0. The Balaban J connectivity index is 1.90. The molecule has 0 saturated heterocycles. The van der Waals surface area contributed by atoms with Crippen molar-refractivity contribution in [1.82, 2.24) is 4.98 Å². The summed E-state index contributed by atoms with van der Waals surface area (Å²) in [7, 11) is 0. The zero-order valence-electron chi connectivity index (χ0n) is 11.6. The highest BCUT2D eigenvalue weighted by molar-refractivity contribution is 7.17. The highest BCUT2D eigenvalue weighted by Gasteiger charge is 2.20. The second-order valence-corrected chi connectivity index (χ2v) is 6.28. The average molecular weight is 296 g/mol. The van der Waals surface area contributed by atoms with Gasteiger partial charge in [-0.3, -0.25) is 4.79 Å². The molecule has 1 aliphatic carbocycles. The number of carboxylic acids is 1. The number of carboxylic acid groups (broad SMARTS) is 1. The smallest absolute Gasteiger partial charge is 0.356 e. The molecule has 110 valence electrons. The van der Waals surface area contributed by atoms with E-state index in [0.29, 0.717) is 5.13 Å². The number of aromatic nitrogens is 1. The molecule has 0 bridgehead atoms. The Morgan fingerprint density at radius 2 is 2.05 bits per heavy atom. The van der Waals surface area contributed by atoms with Crippen LogP contribution in [0.15, 0.2) is 0 Å². The summed E-state index contributed by atoms with van der Waals surface area (Å²) >= 11 is 1.13. The molecular formula is C14H20N2O3S. The summed E-state index contributed by atoms with van der Waals surface area (Å²) < 4.78 is 0. The molecule has 1 fully saturated rings. The van der Waals surface area contributed by atoms with Gasteiger partial charge >= 0.3 is 5.97 Å². The fourth-order valence-electron chi connectivity index (χ4n) is 2.64. The Bertz CT molecular complexity index is 461. The van der Waals surface area contributed by atoms with Crippen LogP contribution in [0.2, 0.25) is 0 Å². The molecule has 6 heteroatoms. The van der Waals surface area contributed by atoms with Gasteiger partial charge in [-0.1, -0.05) is 43.4 Å². The van der Waals surface area contributed by atoms with E-state index >= 15 is 0 Å². The first kappa shape index (κ1) is 15.0. The standard InChI is InChI=1S/C14H20N2O3S/c1-9(17)12-11(13(18)19)16-14(20-12)15-8-7-10-5-3-2-4-6-10/h10H,2-8H2,1H3,(H,15,16)(H,18,19). The van der Waals surface area contributed by atoms with Crippen LogP contribution in [0.3, 0.4) is 0 Å². The van der Waals surface area contributed by atoms with E-state index in [1.165, 1.54) is 39.0 Å². The molecule has 0 aliphatic heterocycles. The number of anilines is 1. The van der Waals surface area contributed by atoms with Crippen LogP contribution in [-0.4, -0.2) is 28.4 Å². The molecule has 0 aromatic carbocycles. The summed E-state index contributed by atoms with van der Waals surface area (Å²) in [5.74, 6) is -0.630. The third-order valence-corrected chi connectivity index (χ3v) is 4.82. The van der Waals surface area contributed by atoms with Crippen LogP contribution in [0.25, 0.3) is 0 Å². The average Bonchev–Trinajstić information content (AvgIpc) is 2.85. The molecular weight excluding hydrogens is 276 g/mol. The Kier molecular flexibility index (Phi) is 5.11. The molecule has 1 aromatic heterocycles. The highest BCUT2D eigenvalue weighted by atomic mass is 32.1. The lowest BCUT2D eigenvalue weighted by Crippen LogP contribution is -2.12. The van der Waals surface area contributed by atoms with Gasteiger partial charge in [0, 0.05) is 13.5 Å². The second-order valence-electron chi connectivity index (χ2n) is 5.28. The van der Waals surface area contributed by atoms with Gasteiger partial charge in [0.15, 0.2) is 16.6 Å². The Morgan fingerprint density at radius 1 is 1.35 bits per heavy atom. The van der Waals surface area contributed by atoms with E-state index in [1.807, 2.05) is 0 Å². The summed E-state index contributed by atoms with van der Waals surface area (Å²) in [6.07, 6.45) is 7.65. The van der Waals surface area contributed by atoms with Crippen molar-refractivity contribution in [2.45, 2.75) is 45.4 Å². The van der Waals surface area contributed by atoms with Crippen molar-refractivity contribution >= 4 is 28.2 Å². The fraction of sp³-hybridized carbons (Fsp3) is 0.643. The van der Waals surface area contributed by atoms with Crippen LogP contribution in [0.1, 0.15) is 65.6 Å². The number of thiazole rings is 1. The molecule has 0 radical (unpaired) electrons. The number of aromatic carboxylic acids is 1. The van der Waals surface area contributed by atoms with Crippen molar-refractivity contribution in [1.29, 1.82) is 0 Å². The van der Waals surface area contributed by atoms with Gasteiger partial charge in [-0.25, -0.2) is 9.78 Å². The van der Waals surface area contributed by atoms with Crippen LogP contribution in [0, 0.1) is 5.92 Å². The molecule has 0 spiro atoms. The third kappa shape index (κ3) is 3.79. The van der Waals surface area contributed by atoms with Gasteiger partial charge in [0.2, 0.25) is 0 Å². The van der Waals surface area contributed by atoms with Crippen molar-refractivity contribution in [3.05, 3.63) is 10.6 Å². The number of hydrogen-bond acceptors (Lipinski definition) is 5. The topological polar surface area (TPSA) is 79.3 Å². The van der Waals surface area contributed by atoms with Crippen LogP contribution in [0.4, 0.5) is 5.13 Å². The SMILES string of the molecule is CC(=O)c1sc(NCCC2CCCCC2)nc1C(=O)O. The van der Waals surface area contributed by atoms with E-state index in [1.54, 1.807) is 0 Å². The first-order valence-corrected chi connectivity index (χ1v) is 7.88. The van der Waals surface area contributed by atoms with E-state index in [9.17, 15) is 9.59 Å². The zero-order chi connectivity index (χ0) is 14.5. The summed E-state index contributed by atoms with van der Waals surface area (Å²) in [5, 5.41) is 12.7. The number of ketones is 1. The lowest BCUT2D eigenvalue weighted by atomic mass is 9.87. The maximum Gasteiger partial charge on any atom is 0.356 e. The van der Waals surface area contributed by atoms with Gasteiger partial charge < -0.3 is 10.4 Å². The number of nitrogens with one attached hydrogen (secondary N) is 1. The Hall–Kier alpha value is -1.43. The first-order valence-electron chi connectivity index (χ1n) is 7.07. The van der Waals surface area contributed by atoms with Crippen molar-refractivity contribution in [2.24, 2.45) is 5.92 Å². The molecule has 5 nitrogen and oxygen atoms in total. The van der Waals surface area contributed by atoms with Gasteiger partial charge in [-0.2, -0.15) is 0 Å². The van der Waals surface area contributed by atoms with Crippen LogP contribution < -0.4 is 5.32 Å². The van der Waals surface area contributed by atoms with E-state index in [2.05, 4.69) is 10.3 Å². The maximum absolute atomic E-state index is 11.4. The van der Waals surface area contributed by atoms with Gasteiger partial charge in [0.1, 0.15) is 4.88 Å². The summed E-state index contributed by atoms with van der Waals surface area (Å²) in [5.41, 5.74) is -0.136. The second kappa shape index (κ2) is 6.83. The van der Waals surface area contributed by atoms with Gasteiger partial charge in [0.25, 0.3) is 0 Å². The Labute approximate surface area is 122 Å². The van der Waals surface area contributed by atoms with Crippen molar-refractivity contribution in [3.8, 4) is 0 Å². The lowest BCUT2D eigenvalue weighted by molar-refractivity contribution is 0.0687. The molecule has 1 aromatic rings. The molecule has 1 saturated carbocycles. The largest absolute Gasteiger partial charge is 0.476 e.